The van der Waals surface area contributed by atoms with Crippen molar-refractivity contribution < 1.29 is 0 Å². The van der Waals surface area contributed by atoms with Gasteiger partial charge >= 0.3 is 0 Å². The Morgan fingerprint density at radius 1 is 1.09 bits per heavy atom. The van der Waals surface area contributed by atoms with Crippen LogP contribution in [0.4, 0.5) is 11.4 Å². The fourth-order valence-electron chi connectivity index (χ4n) is 3.34. The molecule has 0 aliphatic carbocycles. The largest absolute Gasteiger partial charge is 0.378 e. The van der Waals surface area contributed by atoms with Gasteiger partial charge in [-0.3, -0.25) is 4.98 Å². The monoisotopic (exact) mass is 294 g/mol. The highest BCUT2D eigenvalue weighted by Gasteiger charge is 2.38. The number of rotatable bonds is 3. The number of anilines is 2. The summed E-state index contributed by atoms with van der Waals surface area (Å²) in [7, 11) is 4.11. The van der Waals surface area contributed by atoms with Crippen molar-refractivity contribution in [1.29, 1.82) is 0 Å². The molecule has 2 fully saturated rings. The molecular formula is C18H22N4. The molecule has 2 atom stereocenters. The number of pyridine rings is 1. The first-order valence-corrected chi connectivity index (χ1v) is 7.93. The van der Waals surface area contributed by atoms with E-state index in [9.17, 15) is 0 Å². The van der Waals surface area contributed by atoms with Gasteiger partial charge in [0.05, 0.1) is 17.6 Å². The number of hydrogen-bond donors (Lipinski definition) is 1. The Morgan fingerprint density at radius 3 is 2.41 bits per heavy atom. The van der Waals surface area contributed by atoms with Crippen LogP contribution >= 0.6 is 0 Å². The van der Waals surface area contributed by atoms with Crippen molar-refractivity contribution in [2.24, 2.45) is 5.92 Å². The molecule has 2 aliphatic heterocycles. The Morgan fingerprint density at radius 2 is 1.91 bits per heavy atom. The number of fused-ring (bicyclic) bond motifs is 1. The Balaban J connectivity index is 1.51. The smallest absolute Gasteiger partial charge is 0.0703 e. The zero-order valence-corrected chi connectivity index (χ0v) is 13.2. The number of nitrogens with zero attached hydrogens (tertiary/aromatic N) is 3. The second-order valence-electron chi connectivity index (χ2n) is 6.52. The minimum absolute atomic E-state index is 0.693. The van der Waals surface area contributed by atoms with E-state index in [1.54, 1.807) is 0 Å². The van der Waals surface area contributed by atoms with Gasteiger partial charge in [0.25, 0.3) is 0 Å². The lowest BCUT2D eigenvalue weighted by molar-refractivity contribution is 0.297. The van der Waals surface area contributed by atoms with Crippen LogP contribution in [0.2, 0.25) is 0 Å². The summed E-state index contributed by atoms with van der Waals surface area (Å²) in [5.74, 6) is 0.832. The van der Waals surface area contributed by atoms with E-state index in [1.165, 1.54) is 23.5 Å². The van der Waals surface area contributed by atoms with Crippen LogP contribution in [0, 0.1) is 5.92 Å². The minimum atomic E-state index is 0.693. The van der Waals surface area contributed by atoms with Gasteiger partial charge in [-0.1, -0.05) is 12.1 Å². The fourth-order valence-corrected chi connectivity index (χ4v) is 3.34. The maximum Gasteiger partial charge on any atom is 0.0703 e. The van der Waals surface area contributed by atoms with Gasteiger partial charge in [0, 0.05) is 56.9 Å². The fraction of sp³-hybridized carbons (Fsp3) is 0.389. The Labute approximate surface area is 131 Å². The molecule has 4 nitrogen and oxygen atoms in total. The van der Waals surface area contributed by atoms with E-state index in [-0.39, 0.29) is 0 Å². The lowest BCUT2D eigenvalue weighted by atomic mass is 9.96. The third-order valence-electron chi connectivity index (χ3n) is 4.88. The standard InChI is InChI=1S/C18H22N4/c1-21(2)15-5-3-13(4-6-15)17-8-7-16(10-20-17)22-11-14-9-19-18(14)12-22/h3-8,10,14,18-19H,9,11-12H2,1-2H3/t14-,18+/m1/s1. The van der Waals surface area contributed by atoms with Gasteiger partial charge in [0.1, 0.15) is 0 Å². The molecular weight excluding hydrogens is 272 g/mol. The SMILES string of the molecule is CN(C)c1ccc(-c2ccc(N3C[C@H]4CN[C@H]4C3)cn2)cc1. The maximum absolute atomic E-state index is 4.66. The lowest BCUT2D eigenvalue weighted by Crippen LogP contribution is -2.51. The van der Waals surface area contributed by atoms with Crippen LogP contribution in [0.5, 0.6) is 0 Å². The zero-order valence-electron chi connectivity index (χ0n) is 13.2. The molecule has 1 aromatic heterocycles. The zero-order chi connectivity index (χ0) is 15.1. The predicted molar refractivity (Wildman–Crippen MR) is 91.5 cm³/mol. The lowest BCUT2D eigenvalue weighted by Gasteiger charge is -2.29. The average molecular weight is 294 g/mol. The third-order valence-corrected chi connectivity index (χ3v) is 4.88. The second-order valence-corrected chi connectivity index (χ2v) is 6.52. The normalized spacial score (nSPS) is 23.1. The molecule has 0 amide bonds. The topological polar surface area (TPSA) is 31.4 Å². The first kappa shape index (κ1) is 13.6. The molecule has 0 bridgehead atoms. The predicted octanol–water partition coefficient (Wildman–Crippen LogP) is 2.22. The molecule has 22 heavy (non-hydrogen) atoms. The molecule has 2 aromatic rings. The van der Waals surface area contributed by atoms with Crippen molar-refractivity contribution in [3.05, 3.63) is 42.6 Å². The summed E-state index contributed by atoms with van der Waals surface area (Å²) in [6.45, 7) is 3.45. The van der Waals surface area contributed by atoms with Gasteiger partial charge < -0.3 is 15.1 Å². The van der Waals surface area contributed by atoms with Crippen molar-refractivity contribution >= 4 is 11.4 Å². The van der Waals surface area contributed by atoms with Gasteiger partial charge in [0.2, 0.25) is 0 Å². The van der Waals surface area contributed by atoms with E-state index >= 15 is 0 Å². The number of nitrogens with one attached hydrogen (secondary N) is 1. The molecule has 0 saturated carbocycles. The summed E-state index contributed by atoms with van der Waals surface area (Å²) in [6.07, 6.45) is 2.01. The van der Waals surface area contributed by atoms with Crippen molar-refractivity contribution in [2.45, 2.75) is 6.04 Å². The van der Waals surface area contributed by atoms with E-state index in [0.29, 0.717) is 6.04 Å². The van der Waals surface area contributed by atoms with Crippen molar-refractivity contribution in [3.8, 4) is 11.3 Å². The van der Waals surface area contributed by atoms with Crippen molar-refractivity contribution in [3.63, 3.8) is 0 Å². The first-order valence-electron chi connectivity index (χ1n) is 7.93. The number of aromatic nitrogens is 1. The van der Waals surface area contributed by atoms with Crippen LogP contribution in [-0.4, -0.2) is 44.8 Å². The van der Waals surface area contributed by atoms with Crippen LogP contribution in [0.3, 0.4) is 0 Å². The molecule has 2 aliphatic rings. The summed E-state index contributed by atoms with van der Waals surface area (Å²) in [4.78, 5) is 9.22. The maximum atomic E-state index is 4.66. The molecule has 0 unspecified atom stereocenters. The van der Waals surface area contributed by atoms with Crippen molar-refractivity contribution in [1.82, 2.24) is 10.3 Å². The highest BCUT2D eigenvalue weighted by molar-refractivity contribution is 5.64. The first-order chi connectivity index (χ1) is 10.7. The van der Waals surface area contributed by atoms with Crippen LogP contribution in [0.1, 0.15) is 0 Å². The molecule has 1 aromatic carbocycles. The summed E-state index contributed by atoms with van der Waals surface area (Å²) in [6, 6.07) is 13.6. The summed E-state index contributed by atoms with van der Waals surface area (Å²) in [5.41, 5.74) is 4.65. The average Bonchev–Trinajstić information content (AvgIpc) is 2.83. The van der Waals surface area contributed by atoms with Crippen LogP contribution in [-0.2, 0) is 0 Å². The minimum Gasteiger partial charge on any atom is -0.378 e. The highest BCUT2D eigenvalue weighted by Crippen LogP contribution is 2.29. The Kier molecular flexibility index (Phi) is 3.26. The van der Waals surface area contributed by atoms with E-state index in [4.69, 9.17) is 0 Å². The summed E-state index contributed by atoms with van der Waals surface area (Å²) >= 11 is 0. The van der Waals surface area contributed by atoms with Gasteiger partial charge in [0.15, 0.2) is 0 Å². The molecule has 1 N–H and O–H groups in total. The molecule has 114 valence electrons. The third kappa shape index (κ3) is 2.33. The van der Waals surface area contributed by atoms with Gasteiger partial charge in [-0.25, -0.2) is 0 Å². The Hall–Kier alpha value is -2.07. The van der Waals surface area contributed by atoms with Crippen LogP contribution in [0.25, 0.3) is 11.3 Å². The highest BCUT2D eigenvalue weighted by atomic mass is 15.2. The van der Waals surface area contributed by atoms with Gasteiger partial charge in [-0.05, 0) is 24.3 Å². The van der Waals surface area contributed by atoms with E-state index in [2.05, 4.69) is 70.6 Å². The van der Waals surface area contributed by atoms with Crippen LogP contribution < -0.4 is 15.1 Å². The van der Waals surface area contributed by atoms with Crippen LogP contribution in [0.15, 0.2) is 42.6 Å². The molecule has 4 heteroatoms. The van der Waals surface area contributed by atoms with E-state index < -0.39 is 0 Å². The molecule has 0 radical (unpaired) electrons. The summed E-state index contributed by atoms with van der Waals surface area (Å²) in [5, 5.41) is 3.49. The molecule has 3 heterocycles. The Bertz CT molecular complexity index is 636. The van der Waals surface area contributed by atoms with Crippen molar-refractivity contribution in [2.75, 3.05) is 43.5 Å². The van der Waals surface area contributed by atoms with Gasteiger partial charge in [-0.2, -0.15) is 0 Å². The van der Waals surface area contributed by atoms with E-state index in [0.717, 1.165) is 24.7 Å². The van der Waals surface area contributed by atoms with Gasteiger partial charge in [-0.15, -0.1) is 0 Å². The molecule has 0 spiro atoms. The van der Waals surface area contributed by atoms with E-state index in [1.807, 2.05) is 6.20 Å². The summed E-state index contributed by atoms with van der Waals surface area (Å²) < 4.78 is 0. The number of hydrogen-bond acceptors (Lipinski definition) is 4. The molecule has 4 rings (SSSR count). The molecule has 2 saturated heterocycles. The quantitative estimate of drug-likeness (QED) is 0.940. The number of benzene rings is 1. The second kappa shape index (κ2) is 5.29.